The van der Waals surface area contributed by atoms with Crippen molar-refractivity contribution in [2.24, 2.45) is 5.92 Å². The van der Waals surface area contributed by atoms with E-state index in [1.165, 1.54) is 5.57 Å². The summed E-state index contributed by atoms with van der Waals surface area (Å²) in [5, 5.41) is 0. The van der Waals surface area contributed by atoms with Crippen LogP contribution in [0.4, 0.5) is 0 Å². The van der Waals surface area contributed by atoms with E-state index in [-0.39, 0.29) is 0 Å². The highest BCUT2D eigenvalue weighted by Crippen LogP contribution is 2.18. The zero-order valence-electron chi connectivity index (χ0n) is 7.43. The molecule has 0 N–H and O–H groups in total. The molecule has 0 rings (SSSR count). The van der Waals surface area contributed by atoms with Crippen molar-refractivity contribution in [1.82, 2.24) is 0 Å². The van der Waals surface area contributed by atoms with E-state index < -0.39 is 0 Å². The highest BCUT2D eigenvalue weighted by Gasteiger charge is 2.03. The van der Waals surface area contributed by atoms with Gasteiger partial charge >= 0.3 is 0 Å². The molecule has 0 aliphatic carbocycles. The molecule has 0 aromatic heterocycles. The van der Waals surface area contributed by atoms with Gasteiger partial charge < -0.3 is 0 Å². The van der Waals surface area contributed by atoms with Crippen molar-refractivity contribution in [3.63, 3.8) is 0 Å². The molecule has 0 nitrogen and oxygen atoms in total. The predicted octanol–water partition coefficient (Wildman–Crippen LogP) is 3.50. The summed E-state index contributed by atoms with van der Waals surface area (Å²) < 4.78 is 0. The summed E-state index contributed by atoms with van der Waals surface area (Å²) in [5.41, 5.74) is 2.28. The fourth-order valence-corrected chi connectivity index (χ4v) is 0.937. The van der Waals surface area contributed by atoms with E-state index in [1.807, 2.05) is 19.1 Å². The van der Waals surface area contributed by atoms with Gasteiger partial charge in [-0.1, -0.05) is 43.9 Å². The van der Waals surface area contributed by atoms with Crippen molar-refractivity contribution >= 4 is 0 Å². The monoisotopic (exact) mass is 148 g/mol. The fraction of sp³-hybridized carbons (Fsp3) is 0.273. The van der Waals surface area contributed by atoms with Gasteiger partial charge in [0.05, 0.1) is 0 Å². The molecule has 0 heteroatoms. The lowest BCUT2D eigenvalue weighted by Gasteiger charge is -2.10. The third kappa shape index (κ3) is 3.03. The van der Waals surface area contributed by atoms with Crippen LogP contribution in [0.3, 0.4) is 0 Å². The zero-order chi connectivity index (χ0) is 8.85. The molecule has 0 amide bonds. The smallest absolute Gasteiger partial charge is 0.00107 e. The van der Waals surface area contributed by atoms with E-state index in [2.05, 4.69) is 26.7 Å². The number of rotatable bonds is 4. The number of allylic oxidation sites excluding steroid dienone is 5. The molecule has 0 saturated heterocycles. The van der Waals surface area contributed by atoms with E-state index in [0.29, 0.717) is 5.92 Å². The third-order valence-electron chi connectivity index (χ3n) is 1.63. The highest BCUT2D eigenvalue weighted by atomic mass is 14.1. The van der Waals surface area contributed by atoms with Gasteiger partial charge in [-0.2, -0.15) is 0 Å². The molecule has 0 aromatic carbocycles. The number of hydrogen-bond acceptors (Lipinski definition) is 0. The van der Waals surface area contributed by atoms with Crippen molar-refractivity contribution in [3.8, 4) is 0 Å². The second-order valence-corrected chi connectivity index (χ2v) is 2.66. The molecule has 1 unspecified atom stereocenters. The first-order valence-electron chi connectivity index (χ1n) is 3.74. The van der Waals surface area contributed by atoms with Gasteiger partial charge in [0.15, 0.2) is 0 Å². The van der Waals surface area contributed by atoms with E-state index in [0.717, 1.165) is 5.57 Å². The summed E-state index contributed by atoms with van der Waals surface area (Å²) in [4.78, 5) is 0. The van der Waals surface area contributed by atoms with Gasteiger partial charge in [0, 0.05) is 0 Å². The quantitative estimate of drug-likeness (QED) is 0.423. The summed E-state index contributed by atoms with van der Waals surface area (Å²) in [6, 6.07) is 0. The molecule has 0 spiro atoms. The van der Waals surface area contributed by atoms with Gasteiger partial charge in [0.2, 0.25) is 0 Å². The molecule has 0 bridgehead atoms. The molecule has 11 heavy (non-hydrogen) atoms. The zero-order valence-corrected chi connectivity index (χ0v) is 7.43. The maximum absolute atomic E-state index is 3.88. The maximum Gasteiger partial charge on any atom is -0.00107 e. The van der Waals surface area contributed by atoms with Gasteiger partial charge in [0.1, 0.15) is 0 Å². The topological polar surface area (TPSA) is 0 Å². The van der Waals surface area contributed by atoms with Crippen LogP contribution in [0, 0.1) is 5.92 Å². The predicted molar refractivity (Wildman–Crippen MR) is 52.5 cm³/mol. The summed E-state index contributed by atoms with van der Waals surface area (Å²) >= 11 is 0. The molecule has 0 aromatic rings. The first-order valence-corrected chi connectivity index (χ1v) is 3.74. The molecule has 0 aliphatic rings. The molecule has 1 atom stereocenters. The molecule has 0 radical (unpaired) electrons. The largest absolute Gasteiger partial charge is 0.102 e. The van der Waals surface area contributed by atoms with Crippen LogP contribution in [-0.4, -0.2) is 0 Å². The van der Waals surface area contributed by atoms with Crippen molar-refractivity contribution in [1.29, 1.82) is 0 Å². The van der Waals surface area contributed by atoms with E-state index in [9.17, 15) is 0 Å². The second kappa shape index (κ2) is 4.73. The Balaban J connectivity index is 4.59. The minimum Gasteiger partial charge on any atom is -0.102 e. The first-order chi connectivity index (χ1) is 5.13. The Morgan fingerprint density at radius 2 is 1.91 bits per heavy atom. The van der Waals surface area contributed by atoms with Crippen molar-refractivity contribution in [2.45, 2.75) is 13.8 Å². The van der Waals surface area contributed by atoms with Gasteiger partial charge in [-0.3, -0.25) is 0 Å². The van der Waals surface area contributed by atoms with E-state index >= 15 is 0 Å². The van der Waals surface area contributed by atoms with Gasteiger partial charge in [-0.25, -0.2) is 0 Å². The van der Waals surface area contributed by atoms with Crippen LogP contribution in [0.15, 0.2) is 49.1 Å². The summed E-state index contributed by atoms with van der Waals surface area (Å²) in [7, 11) is 0. The number of hydrogen-bond donors (Lipinski definition) is 0. The minimum absolute atomic E-state index is 0.366. The van der Waals surface area contributed by atoms with Crippen molar-refractivity contribution in [2.75, 3.05) is 0 Å². The van der Waals surface area contributed by atoms with Crippen LogP contribution in [0.1, 0.15) is 13.8 Å². The molecule has 0 aliphatic heterocycles. The SMILES string of the molecule is C=C/C=C(/C(=C)C)C(C)C=C. The van der Waals surface area contributed by atoms with Gasteiger partial charge in [-0.05, 0) is 18.4 Å². The Kier molecular flexibility index (Phi) is 4.28. The molecule has 60 valence electrons. The van der Waals surface area contributed by atoms with Gasteiger partial charge in [-0.15, -0.1) is 6.58 Å². The summed E-state index contributed by atoms with van der Waals surface area (Å²) in [6.07, 6.45) is 5.67. The van der Waals surface area contributed by atoms with E-state index in [1.54, 1.807) is 6.08 Å². The summed E-state index contributed by atoms with van der Waals surface area (Å²) in [6.45, 7) is 15.3. The van der Waals surface area contributed by atoms with Crippen LogP contribution < -0.4 is 0 Å². The van der Waals surface area contributed by atoms with E-state index in [4.69, 9.17) is 0 Å². The average Bonchev–Trinajstić information content (AvgIpc) is 1.98. The standard InChI is InChI=1S/C11H16/c1-6-8-11(9(3)4)10(5)7-2/h6-8,10H,1-3H2,4-5H3/b11-8-. The lowest BCUT2D eigenvalue weighted by Crippen LogP contribution is -1.95. The Bertz CT molecular complexity index is 194. The second-order valence-electron chi connectivity index (χ2n) is 2.66. The Labute approximate surface area is 69.6 Å². The van der Waals surface area contributed by atoms with Crippen LogP contribution in [0.25, 0.3) is 0 Å². The molecular weight excluding hydrogens is 132 g/mol. The third-order valence-corrected chi connectivity index (χ3v) is 1.63. The van der Waals surface area contributed by atoms with Crippen molar-refractivity contribution < 1.29 is 0 Å². The highest BCUT2D eigenvalue weighted by molar-refractivity contribution is 5.33. The maximum atomic E-state index is 3.88. The van der Waals surface area contributed by atoms with Crippen LogP contribution in [0.5, 0.6) is 0 Å². The van der Waals surface area contributed by atoms with Crippen LogP contribution in [0.2, 0.25) is 0 Å². The van der Waals surface area contributed by atoms with Crippen molar-refractivity contribution in [3.05, 3.63) is 49.1 Å². The van der Waals surface area contributed by atoms with Crippen LogP contribution in [-0.2, 0) is 0 Å². The Morgan fingerprint density at radius 3 is 2.18 bits per heavy atom. The van der Waals surface area contributed by atoms with Gasteiger partial charge in [0.25, 0.3) is 0 Å². The van der Waals surface area contributed by atoms with Crippen LogP contribution >= 0.6 is 0 Å². The molecule has 0 heterocycles. The molecular formula is C11H16. The summed E-state index contributed by atoms with van der Waals surface area (Å²) in [5.74, 6) is 0.366. The lowest BCUT2D eigenvalue weighted by molar-refractivity contribution is 0.876. The molecule has 0 saturated carbocycles. The normalized spacial score (nSPS) is 13.8. The average molecular weight is 148 g/mol. The molecule has 0 fully saturated rings. The Morgan fingerprint density at radius 1 is 1.36 bits per heavy atom. The first kappa shape index (κ1) is 9.96. The fourth-order valence-electron chi connectivity index (χ4n) is 0.937. The minimum atomic E-state index is 0.366. The lowest BCUT2D eigenvalue weighted by atomic mass is 9.95. The Hall–Kier alpha value is -1.04.